The van der Waals surface area contributed by atoms with Crippen LogP contribution in [0.3, 0.4) is 0 Å². The number of hydrogen-bond acceptors (Lipinski definition) is 5. The van der Waals surface area contributed by atoms with E-state index >= 15 is 0 Å². The van der Waals surface area contributed by atoms with Crippen LogP contribution >= 0.6 is 0 Å². The maximum absolute atomic E-state index is 13.0. The van der Waals surface area contributed by atoms with Gasteiger partial charge in [0.1, 0.15) is 11.9 Å². The van der Waals surface area contributed by atoms with Gasteiger partial charge < -0.3 is 15.4 Å². The van der Waals surface area contributed by atoms with Gasteiger partial charge in [-0.3, -0.25) is 9.59 Å². The summed E-state index contributed by atoms with van der Waals surface area (Å²) in [7, 11) is -3.69. The van der Waals surface area contributed by atoms with E-state index in [0.717, 1.165) is 31.6 Å². The number of sulfonamides is 1. The fourth-order valence-electron chi connectivity index (χ4n) is 4.12. The molecule has 1 aliphatic carbocycles. The maximum atomic E-state index is 13.0. The minimum Gasteiger partial charge on any atom is -0.376 e. The Morgan fingerprint density at radius 2 is 1.78 bits per heavy atom. The van der Waals surface area contributed by atoms with Crippen LogP contribution < -0.4 is 15.4 Å². The molecule has 3 rings (SSSR count). The topological polar surface area (TPSA) is 114 Å². The molecule has 1 aromatic carbocycles. The first kappa shape index (κ1) is 24.6. The monoisotopic (exact) mass is 469 g/mol. The number of carbonyl (C=O) groups excluding carboxylic acids is 2. The van der Waals surface area contributed by atoms with Gasteiger partial charge >= 0.3 is 0 Å². The van der Waals surface area contributed by atoms with Crippen LogP contribution in [-0.2, 0) is 24.3 Å². The zero-order valence-corrected chi connectivity index (χ0v) is 19.1. The van der Waals surface area contributed by atoms with Gasteiger partial charge in [-0.25, -0.2) is 17.5 Å². The van der Waals surface area contributed by atoms with Gasteiger partial charge in [0.25, 0.3) is 0 Å². The molecule has 1 saturated heterocycles. The number of carbonyl (C=O) groups is 2. The maximum Gasteiger partial charge on any atom is 0.242 e. The number of ether oxygens (including phenoxy) is 1. The summed E-state index contributed by atoms with van der Waals surface area (Å²) in [6.45, 7) is 3.12. The van der Waals surface area contributed by atoms with Gasteiger partial charge in [0, 0.05) is 25.6 Å². The van der Waals surface area contributed by atoms with E-state index in [0.29, 0.717) is 32.2 Å². The zero-order chi connectivity index (χ0) is 23.1. The van der Waals surface area contributed by atoms with Gasteiger partial charge in [-0.05, 0) is 75.6 Å². The molecule has 1 heterocycles. The van der Waals surface area contributed by atoms with Crippen LogP contribution in [0.5, 0.6) is 0 Å². The summed E-state index contributed by atoms with van der Waals surface area (Å²) in [5.74, 6) is -0.919. The van der Waals surface area contributed by atoms with E-state index in [9.17, 15) is 22.4 Å². The lowest BCUT2D eigenvalue weighted by Gasteiger charge is -2.28. The summed E-state index contributed by atoms with van der Waals surface area (Å²) < 4.78 is 45.7. The van der Waals surface area contributed by atoms with E-state index in [1.54, 1.807) is 6.92 Å². The molecule has 3 N–H and O–H groups in total. The van der Waals surface area contributed by atoms with Gasteiger partial charge in [0.05, 0.1) is 11.0 Å². The number of amides is 2. The summed E-state index contributed by atoms with van der Waals surface area (Å²) in [6.07, 6.45) is 4.69. The molecular weight excluding hydrogens is 437 g/mol. The molecule has 2 aliphatic rings. The van der Waals surface area contributed by atoms with Crippen molar-refractivity contribution in [3.8, 4) is 0 Å². The normalized spacial score (nSPS) is 24.6. The minimum absolute atomic E-state index is 0.0266. The molecule has 2 fully saturated rings. The van der Waals surface area contributed by atoms with Crippen LogP contribution in [0.15, 0.2) is 29.2 Å². The molecule has 10 heteroatoms. The van der Waals surface area contributed by atoms with Crippen molar-refractivity contribution in [3.05, 3.63) is 30.1 Å². The third kappa shape index (κ3) is 6.98. The molecule has 2 amide bonds. The second kappa shape index (κ2) is 11.2. The average Bonchev–Trinajstić information content (AvgIpc) is 3.30. The van der Waals surface area contributed by atoms with Gasteiger partial charge in [0.2, 0.25) is 21.8 Å². The summed E-state index contributed by atoms with van der Waals surface area (Å²) in [5.41, 5.74) is 0. The molecule has 178 valence electrons. The van der Waals surface area contributed by atoms with Crippen molar-refractivity contribution in [2.24, 2.45) is 11.8 Å². The largest absolute Gasteiger partial charge is 0.376 e. The van der Waals surface area contributed by atoms with Crippen LogP contribution in [0.4, 0.5) is 4.39 Å². The van der Waals surface area contributed by atoms with E-state index in [-0.39, 0.29) is 41.2 Å². The first-order valence-electron chi connectivity index (χ1n) is 11.2. The standard InChI is InChI=1S/C22H32FN3O5S/c1-15(21(27)24-14-19-3-2-12-31-19)26-22(28)17-6-4-16(5-7-17)13-25-32(29,30)20-10-8-18(23)9-11-20/h8-11,15-17,19,25H,2-7,12-14H2,1H3,(H,24,27)(H,26,28)/t15-,16?,17?,19?/m1/s1. The first-order valence-corrected chi connectivity index (χ1v) is 12.7. The zero-order valence-electron chi connectivity index (χ0n) is 18.3. The molecular formula is C22H32FN3O5S. The predicted octanol–water partition coefficient (Wildman–Crippen LogP) is 1.71. The highest BCUT2D eigenvalue weighted by atomic mass is 32.2. The van der Waals surface area contributed by atoms with Crippen molar-refractivity contribution >= 4 is 21.8 Å². The summed E-state index contributed by atoms with van der Waals surface area (Å²) in [4.78, 5) is 24.8. The molecule has 8 nitrogen and oxygen atoms in total. The van der Waals surface area contributed by atoms with Gasteiger partial charge in [-0.1, -0.05) is 0 Å². The highest BCUT2D eigenvalue weighted by Gasteiger charge is 2.29. The molecule has 1 unspecified atom stereocenters. The van der Waals surface area contributed by atoms with Crippen LogP contribution in [-0.4, -0.2) is 52.1 Å². The number of hydrogen-bond donors (Lipinski definition) is 3. The number of benzene rings is 1. The molecule has 1 aliphatic heterocycles. The smallest absolute Gasteiger partial charge is 0.242 e. The third-order valence-corrected chi connectivity index (χ3v) is 7.62. The van der Waals surface area contributed by atoms with Crippen molar-refractivity contribution in [1.29, 1.82) is 0 Å². The lowest BCUT2D eigenvalue weighted by molar-refractivity contribution is -0.131. The van der Waals surface area contributed by atoms with Crippen molar-refractivity contribution in [1.82, 2.24) is 15.4 Å². The SMILES string of the molecule is C[C@@H](NC(=O)C1CCC(CNS(=O)(=O)c2ccc(F)cc2)CC1)C(=O)NCC1CCCO1. The lowest BCUT2D eigenvalue weighted by Crippen LogP contribution is -2.48. The van der Waals surface area contributed by atoms with E-state index in [1.165, 1.54) is 12.1 Å². The Bertz CT molecular complexity index is 879. The molecule has 0 spiro atoms. The Labute approximate surface area is 188 Å². The molecule has 0 aromatic heterocycles. The number of nitrogens with one attached hydrogen (secondary N) is 3. The second-order valence-corrected chi connectivity index (χ2v) is 10.4. The first-order chi connectivity index (χ1) is 15.2. The summed E-state index contributed by atoms with van der Waals surface area (Å²) in [6, 6.07) is 4.07. The predicted molar refractivity (Wildman–Crippen MR) is 117 cm³/mol. The van der Waals surface area contributed by atoms with Crippen LogP contribution in [0.1, 0.15) is 45.4 Å². The van der Waals surface area contributed by atoms with Gasteiger partial charge in [-0.2, -0.15) is 0 Å². The molecule has 1 saturated carbocycles. The highest BCUT2D eigenvalue weighted by molar-refractivity contribution is 7.89. The Morgan fingerprint density at radius 3 is 2.41 bits per heavy atom. The van der Waals surface area contributed by atoms with E-state index in [2.05, 4.69) is 15.4 Å². The Kier molecular flexibility index (Phi) is 8.61. The van der Waals surface area contributed by atoms with E-state index in [4.69, 9.17) is 4.74 Å². The molecule has 32 heavy (non-hydrogen) atoms. The second-order valence-electron chi connectivity index (χ2n) is 8.63. The quantitative estimate of drug-likeness (QED) is 0.510. The van der Waals surface area contributed by atoms with Crippen molar-refractivity contribution in [2.75, 3.05) is 19.7 Å². The highest BCUT2D eigenvalue weighted by Crippen LogP contribution is 2.29. The van der Waals surface area contributed by atoms with Crippen LogP contribution in [0, 0.1) is 17.7 Å². The van der Waals surface area contributed by atoms with Gasteiger partial charge in [-0.15, -0.1) is 0 Å². The Hall–Kier alpha value is -2.04. The fourth-order valence-corrected chi connectivity index (χ4v) is 5.24. The third-order valence-electron chi connectivity index (χ3n) is 6.18. The number of halogens is 1. The molecule has 0 radical (unpaired) electrons. The van der Waals surface area contributed by atoms with Crippen LogP contribution in [0.25, 0.3) is 0 Å². The number of rotatable bonds is 9. The fraction of sp³-hybridized carbons (Fsp3) is 0.636. The molecule has 0 bridgehead atoms. The summed E-state index contributed by atoms with van der Waals surface area (Å²) in [5, 5.41) is 5.61. The lowest BCUT2D eigenvalue weighted by atomic mass is 9.81. The molecule has 2 atom stereocenters. The Balaban J connectivity index is 1.37. The van der Waals surface area contributed by atoms with Crippen molar-refractivity contribution in [2.45, 2.75) is 62.5 Å². The van der Waals surface area contributed by atoms with Crippen molar-refractivity contribution < 1.29 is 27.1 Å². The van der Waals surface area contributed by atoms with Crippen molar-refractivity contribution in [3.63, 3.8) is 0 Å². The Morgan fingerprint density at radius 1 is 1.09 bits per heavy atom. The van der Waals surface area contributed by atoms with E-state index in [1.807, 2.05) is 0 Å². The van der Waals surface area contributed by atoms with Gasteiger partial charge in [0.15, 0.2) is 0 Å². The summed E-state index contributed by atoms with van der Waals surface area (Å²) >= 11 is 0. The molecule has 1 aromatic rings. The minimum atomic E-state index is -3.69. The van der Waals surface area contributed by atoms with Crippen LogP contribution in [0.2, 0.25) is 0 Å². The van der Waals surface area contributed by atoms with E-state index < -0.39 is 21.9 Å². The average molecular weight is 470 g/mol.